The first kappa shape index (κ1) is 21.2. The second kappa shape index (κ2) is 9.31. The summed E-state index contributed by atoms with van der Waals surface area (Å²) in [6, 6.07) is 15.0. The van der Waals surface area contributed by atoms with Crippen molar-refractivity contribution in [2.24, 2.45) is 0 Å². The molecule has 3 rings (SSSR count). The van der Waals surface area contributed by atoms with Crippen molar-refractivity contribution in [2.75, 3.05) is 0 Å². The summed E-state index contributed by atoms with van der Waals surface area (Å²) in [5.74, 6) is -2.10. The molecule has 154 valence electrons. The highest BCUT2D eigenvalue weighted by molar-refractivity contribution is 5.98. The Bertz CT molecular complexity index is 1060. The third-order valence-electron chi connectivity index (χ3n) is 4.86. The number of carbonyl (C=O) groups is 2. The lowest BCUT2D eigenvalue weighted by Gasteiger charge is -2.19. The van der Waals surface area contributed by atoms with Gasteiger partial charge >= 0.3 is 0 Å². The first-order valence-corrected chi connectivity index (χ1v) is 9.44. The molecule has 30 heavy (non-hydrogen) atoms. The number of amides is 1. The highest BCUT2D eigenvalue weighted by atomic mass is 19.1. The largest absolute Gasteiger partial charge is 0.508 e. The van der Waals surface area contributed by atoms with Gasteiger partial charge in [-0.25, -0.2) is 8.78 Å². The van der Waals surface area contributed by atoms with Gasteiger partial charge in [0, 0.05) is 6.42 Å². The highest BCUT2D eigenvalue weighted by Crippen LogP contribution is 2.16. The van der Waals surface area contributed by atoms with Gasteiger partial charge in [-0.3, -0.25) is 9.59 Å². The van der Waals surface area contributed by atoms with Gasteiger partial charge in [-0.15, -0.1) is 0 Å². The van der Waals surface area contributed by atoms with Crippen LogP contribution < -0.4 is 5.32 Å². The molecule has 0 aliphatic carbocycles. The van der Waals surface area contributed by atoms with Crippen molar-refractivity contribution in [2.45, 2.75) is 25.8 Å². The minimum absolute atomic E-state index is 0.0763. The highest BCUT2D eigenvalue weighted by Gasteiger charge is 2.24. The summed E-state index contributed by atoms with van der Waals surface area (Å²) in [5.41, 5.74) is 1.82. The Balaban J connectivity index is 1.85. The average Bonchev–Trinajstić information content (AvgIpc) is 2.72. The summed E-state index contributed by atoms with van der Waals surface area (Å²) < 4.78 is 27.6. The number of phenolic OH excluding ortho intramolecular Hbond substituents is 1. The number of nitrogens with one attached hydrogen (secondary N) is 1. The number of Topliss-reactive ketones (excluding diaryl/α,β-unsaturated/α-hetero) is 1. The van der Waals surface area contributed by atoms with Gasteiger partial charge in [-0.05, 0) is 66.4 Å². The van der Waals surface area contributed by atoms with Crippen LogP contribution in [0.25, 0.3) is 0 Å². The number of benzene rings is 3. The van der Waals surface area contributed by atoms with Gasteiger partial charge in [0.25, 0.3) is 5.91 Å². The van der Waals surface area contributed by atoms with Crippen LogP contribution in [0.15, 0.2) is 66.7 Å². The van der Waals surface area contributed by atoms with Crippen LogP contribution >= 0.6 is 0 Å². The topological polar surface area (TPSA) is 66.4 Å². The number of aryl methyl sites for hydroxylation is 1. The second-order valence-electron chi connectivity index (χ2n) is 7.09. The van der Waals surface area contributed by atoms with Crippen molar-refractivity contribution >= 4 is 11.7 Å². The van der Waals surface area contributed by atoms with E-state index >= 15 is 0 Å². The normalized spacial score (nSPS) is 11.7. The first-order chi connectivity index (χ1) is 14.3. The third-order valence-corrected chi connectivity index (χ3v) is 4.86. The molecule has 6 heteroatoms. The predicted molar refractivity (Wildman–Crippen MR) is 109 cm³/mol. The molecule has 0 radical (unpaired) electrons. The Hall–Kier alpha value is -3.54. The van der Waals surface area contributed by atoms with Crippen molar-refractivity contribution < 1.29 is 23.5 Å². The monoisotopic (exact) mass is 409 g/mol. The molecule has 0 heterocycles. The zero-order valence-electron chi connectivity index (χ0n) is 16.4. The van der Waals surface area contributed by atoms with E-state index in [0.29, 0.717) is 11.1 Å². The number of ketones is 1. The van der Waals surface area contributed by atoms with E-state index < -0.39 is 23.6 Å². The van der Waals surface area contributed by atoms with E-state index in [2.05, 4.69) is 5.32 Å². The molecule has 0 spiro atoms. The van der Waals surface area contributed by atoms with Crippen LogP contribution in [0.5, 0.6) is 5.75 Å². The zero-order chi connectivity index (χ0) is 21.7. The molecule has 3 aromatic rings. The molecule has 0 saturated carbocycles. The predicted octanol–water partition coefficient (Wildman–Crippen LogP) is 4.13. The number of carbonyl (C=O) groups excluding carboxylic acids is 2. The molecule has 1 atom stereocenters. The van der Waals surface area contributed by atoms with Crippen molar-refractivity contribution in [1.29, 1.82) is 0 Å². The molecule has 1 amide bonds. The zero-order valence-corrected chi connectivity index (χ0v) is 16.4. The van der Waals surface area contributed by atoms with E-state index in [-0.39, 0.29) is 29.9 Å². The van der Waals surface area contributed by atoms with Crippen LogP contribution in [0, 0.1) is 18.6 Å². The fourth-order valence-corrected chi connectivity index (χ4v) is 3.14. The number of halogens is 2. The minimum Gasteiger partial charge on any atom is -0.508 e. The van der Waals surface area contributed by atoms with E-state index in [4.69, 9.17) is 0 Å². The Labute approximate surface area is 173 Å². The molecular formula is C24H21F2NO3. The molecule has 2 N–H and O–H groups in total. The molecule has 0 fully saturated rings. The molecule has 1 unspecified atom stereocenters. The standard InChI is InChI=1S/C24H21F2NO3/c1-15-6-9-18(25)13-17(15)14-23(29)22(12-16-7-10-19(28)11-8-16)27-24(30)20-4-2-3-5-21(20)26/h2-11,13,22,28H,12,14H2,1H3,(H,27,30). The fourth-order valence-electron chi connectivity index (χ4n) is 3.14. The van der Waals surface area contributed by atoms with Crippen LogP contribution in [0.4, 0.5) is 8.78 Å². The smallest absolute Gasteiger partial charge is 0.254 e. The number of hydrogen-bond donors (Lipinski definition) is 2. The minimum atomic E-state index is -0.954. The molecule has 0 bridgehead atoms. The van der Waals surface area contributed by atoms with Gasteiger partial charge in [-0.2, -0.15) is 0 Å². The van der Waals surface area contributed by atoms with E-state index in [1.54, 1.807) is 25.1 Å². The van der Waals surface area contributed by atoms with Crippen LogP contribution in [0.3, 0.4) is 0 Å². The maximum atomic E-state index is 14.0. The van der Waals surface area contributed by atoms with Crippen LogP contribution in [-0.2, 0) is 17.6 Å². The molecule has 0 aliphatic heterocycles. The second-order valence-corrected chi connectivity index (χ2v) is 7.09. The lowest BCUT2D eigenvalue weighted by Crippen LogP contribution is -2.43. The SMILES string of the molecule is Cc1ccc(F)cc1CC(=O)C(Cc1ccc(O)cc1)NC(=O)c1ccccc1F. The van der Waals surface area contributed by atoms with Gasteiger partial charge in [0.15, 0.2) is 5.78 Å². The summed E-state index contributed by atoms with van der Waals surface area (Å²) in [6.45, 7) is 1.77. The fraction of sp³-hybridized carbons (Fsp3) is 0.167. The van der Waals surface area contributed by atoms with E-state index in [9.17, 15) is 23.5 Å². The lowest BCUT2D eigenvalue weighted by atomic mass is 9.95. The van der Waals surface area contributed by atoms with Gasteiger partial charge in [0.05, 0.1) is 11.6 Å². The molecule has 0 aliphatic rings. The molecule has 0 saturated heterocycles. The van der Waals surface area contributed by atoms with Crippen molar-refractivity contribution in [3.8, 4) is 5.75 Å². The summed E-state index contributed by atoms with van der Waals surface area (Å²) in [5, 5.41) is 12.1. The van der Waals surface area contributed by atoms with Crippen LogP contribution in [0.1, 0.15) is 27.0 Å². The average molecular weight is 409 g/mol. The lowest BCUT2D eigenvalue weighted by molar-refractivity contribution is -0.120. The van der Waals surface area contributed by atoms with Crippen molar-refractivity contribution in [3.05, 3.63) is 101 Å². The van der Waals surface area contributed by atoms with Crippen molar-refractivity contribution in [3.63, 3.8) is 0 Å². The van der Waals surface area contributed by atoms with Gasteiger partial charge in [0.1, 0.15) is 17.4 Å². The summed E-state index contributed by atoms with van der Waals surface area (Å²) in [6.07, 6.45) is 0.0670. The van der Waals surface area contributed by atoms with Gasteiger partial charge in [0.2, 0.25) is 0 Å². The molecule has 3 aromatic carbocycles. The Morgan fingerprint density at radius 2 is 1.70 bits per heavy atom. The number of rotatable bonds is 7. The number of hydrogen-bond acceptors (Lipinski definition) is 3. The van der Waals surface area contributed by atoms with Crippen LogP contribution in [-0.4, -0.2) is 22.8 Å². The summed E-state index contributed by atoms with van der Waals surface area (Å²) >= 11 is 0. The van der Waals surface area contributed by atoms with Crippen molar-refractivity contribution in [1.82, 2.24) is 5.32 Å². The van der Waals surface area contributed by atoms with Gasteiger partial charge in [-0.1, -0.05) is 30.3 Å². The molecular weight excluding hydrogens is 388 g/mol. The van der Waals surface area contributed by atoms with E-state index in [0.717, 1.165) is 5.56 Å². The van der Waals surface area contributed by atoms with Crippen LogP contribution in [0.2, 0.25) is 0 Å². The summed E-state index contributed by atoms with van der Waals surface area (Å²) in [7, 11) is 0. The maximum absolute atomic E-state index is 14.0. The summed E-state index contributed by atoms with van der Waals surface area (Å²) in [4.78, 5) is 25.6. The van der Waals surface area contributed by atoms with E-state index in [1.165, 1.54) is 48.5 Å². The quantitative estimate of drug-likeness (QED) is 0.617. The molecule has 0 aromatic heterocycles. The Morgan fingerprint density at radius 3 is 2.40 bits per heavy atom. The number of aromatic hydroxyl groups is 1. The molecule has 4 nitrogen and oxygen atoms in total. The third kappa shape index (κ3) is 5.29. The maximum Gasteiger partial charge on any atom is 0.254 e. The van der Waals surface area contributed by atoms with Gasteiger partial charge < -0.3 is 10.4 Å². The Morgan fingerprint density at radius 1 is 1.00 bits per heavy atom. The van der Waals surface area contributed by atoms with E-state index in [1.807, 2.05) is 0 Å². The number of phenols is 1. The first-order valence-electron chi connectivity index (χ1n) is 9.44. The Kier molecular flexibility index (Phi) is 6.57.